The molecule has 1 saturated heterocycles. The Bertz CT molecular complexity index is 158. The van der Waals surface area contributed by atoms with E-state index in [2.05, 4.69) is 24.1 Å². The Balaban J connectivity index is 2.46. The molecule has 1 fully saturated rings. The lowest BCUT2D eigenvalue weighted by molar-refractivity contribution is 0.0578. The van der Waals surface area contributed by atoms with Gasteiger partial charge in [0.25, 0.3) is 0 Å². The quantitative estimate of drug-likeness (QED) is 0.725. The normalized spacial score (nSPS) is 20.8. The summed E-state index contributed by atoms with van der Waals surface area (Å²) >= 11 is 0. The number of piperidine rings is 1. The van der Waals surface area contributed by atoms with Crippen molar-refractivity contribution in [2.75, 3.05) is 33.4 Å². The van der Waals surface area contributed by atoms with E-state index in [9.17, 15) is 0 Å². The standard InChI is InChI=1S/C12H26N2O/c1-4-9-14(11(2)10-15-3)12-5-7-13-8-6-12/h11-13H,4-10H2,1-3H3. The van der Waals surface area contributed by atoms with Gasteiger partial charge in [0.1, 0.15) is 0 Å². The molecule has 0 saturated carbocycles. The molecule has 1 atom stereocenters. The van der Waals surface area contributed by atoms with Gasteiger partial charge in [0.05, 0.1) is 6.61 Å². The third-order valence-electron chi connectivity index (χ3n) is 3.23. The van der Waals surface area contributed by atoms with Crippen LogP contribution in [0.1, 0.15) is 33.1 Å². The van der Waals surface area contributed by atoms with Crippen LogP contribution in [0, 0.1) is 0 Å². The van der Waals surface area contributed by atoms with Crippen LogP contribution in [0.2, 0.25) is 0 Å². The van der Waals surface area contributed by atoms with Crippen molar-refractivity contribution in [1.82, 2.24) is 10.2 Å². The van der Waals surface area contributed by atoms with Gasteiger partial charge in [0.15, 0.2) is 0 Å². The smallest absolute Gasteiger partial charge is 0.0615 e. The molecule has 0 aromatic rings. The largest absolute Gasteiger partial charge is 0.383 e. The molecule has 1 aliphatic rings. The molecule has 1 rings (SSSR count). The van der Waals surface area contributed by atoms with Crippen LogP contribution in [0.4, 0.5) is 0 Å². The van der Waals surface area contributed by atoms with Gasteiger partial charge in [-0.2, -0.15) is 0 Å². The molecule has 0 radical (unpaired) electrons. The highest BCUT2D eigenvalue weighted by Crippen LogP contribution is 2.15. The lowest BCUT2D eigenvalue weighted by Crippen LogP contribution is -2.48. The van der Waals surface area contributed by atoms with Crippen LogP contribution in [0.15, 0.2) is 0 Å². The summed E-state index contributed by atoms with van der Waals surface area (Å²) in [5.74, 6) is 0. The minimum absolute atomic E-state index is 0.554. The predicted molar refractivity (Wildman–Crippen MR) is 64.2 cm³/mol. The van der Waals surface area contributed by atoms with Crippen LogP contribution in [0.5, 0.6) is 0 Å². The maximum absolute atomic E-state index is 5.26. The zero-order valence-electron chi connectivity index (χ0n) is 10.5. The average Bonchev–Trinajstić information content (AvgIpc) is 2.27. The molecule has 1 N–H and O–H groups in total. The van der Waals surface area contributed by atoms with E-state index in [4.69, 9.17) is 4.74 Å². The third-order valence-corrected chi connectivity index (χ3v) is 3.23. The summed E-state index contributed by atoms with van der Waals surface area (Å²) in [7, 11) is 1.79. The van der Waals surface area contributed by atoms with Crippen molar-refractivity contribution in [2.45, 2.75) is 45.2 Å². The van der Waals surface area contributed by atoms with Crippen molar-refractivity contribution >= 4 is 0 Å². The highest BCUT2D eigenvalue weighted by molar-refractivity contribution is 4.81. The van der Waals surface area contributed by atoms with E-state index >= 15 is 0 Å². The molecule has 0 aromatic carbocycles. The fourth-order valence-electron chi connectivity index (χ4n) is 2.50. The maximum Gasteiger partial charge on any atom is 0.0615 e. The van der Waals surface area contributed by atoms with E-state index in [0.717, 1.165) is 12.6 Å². The van der Waals surface area contributed by atoms with Crippen LogP contribution in [-0.4, -0.2) is 50.3 Å². The molecular formula is C12H26N2O. The van der Waals surface area contributed by atoms with Gasteiger partial charge in [-0.15, -0.1) is 0 Å². The molecule has 90 valence electrons. The van der Waals surface area contributed by atoms with Crippen LogP contribution >= 0.6 is 0 Å². The van der Waals surface area contributed by atoms with Gasteiger partial charge in [0, 0.05) is 19.2 Å². The van der Waals surface area contributed by atoms with E-state index < -0.39 is 0 Å². The zero-order chi connectivity index (χ0) is 11.1. The lowest BCUT2D eigenvalue weighted by Gasteiger charge is -2.38. The third kappa shape index (κ3) is 4.09. The summed E-state index contributed by atoms with van der Waals surface area (Å²) in [6, 6.07) is 1.31. The summed E-state index contributed by atoms with van der Waals surface area (Å²) in [5, 5.41) is 3.42. The second kappa shape index (κ2) is 7.20. The summed E-state index contributed by atoms with van der Waals surface area (Å²) in [6.45, 7) is 8.93. The van der Waals surface area contributed by atoms with Gasteiger partial charge in [-0.05, 0) is 45.8 Å². The maximum atomic E-state index is 5.26. The van der Waals surface area contributed by atoms with E-state index in [1.165, 1.54) is 38.9 Å². The van der Waals surface area contributed by atoms with Gasteiger partial charge < -0.3 is 10.1 Å². The molecule has 0 aliphatic carbocycles. The Kier molecular flexibility index (Phi) is 6.22. The number of nitrogens with zero attached hydrogens (tertiary/aromatic N) is 1. The first-order valence-corrected chi connectivity index (χ1v) is 6.25. The molecule has 15 heavy (non-hydrogen) atoms. The van der Waals surface area contributed by atoms with Gasteiger partial charge in [-0.25, -0.2) is 0 Å². The fourth-order valence-corrected chi connectivity index (χ4v) is 2.50. The fraction of sp³-hybridized carbons (Fsp3) is 1.00. The van der Waals surface area contributed by atoms with Crippen molar-refractivity contribution in [3.8, 4) is 0 Å². The summed E-state index contributed by atoms with van der Waals surface area (Å²) in [6.07, 6.45) is 3.81. The molecule has 1 aliphatic heterocycles. The van der Waals surface area contributed by atoms with Gasteiger partial charge >= 0.3 is 0 Å². The number of methoxy groups -OCH3 is 1. The second-order valence-corrected chi connectivity index (χ2v) is 4.52. The number of hydrogen-bond donors (Lipinski definition) is 1. The Morgan fingerprint density at radius 2 is 2.07 bits per heavy atom. The first-order chi connectivity index (χ1) is 7.29. The van der Waals surface area contributed by atoms with E-state index in [-0.39, 0.29) is 0 Å². The predicted octanol–water partition coefficient (Wildman–Crippen LogP) is 1.49. The highest BCUT2D eigenvalue weighted by atomic mass is 16.5. The Morgan fingerprint density at radius 3 is 2.60 bits per heavy atom. The van der Waals surface area contributed by atoms with Crippen LogP contribution in [0.25, 0.3) is 0 Å². The average molecular weight is 214 g/mol. The van der Waals surface area contributed by atoms with Gasteiger partial charge in [-0.1, -0.05) is 6.92 Å². The van der Waals surface area contributed by atoms with Crippen LogP contribution in [-0.2, 0) is 4.74 Å². The van der Waals surface area contributed by atoms with Crippen molar-refractivity contribution in [3.05, 3.63) is 0 Å². The zero-order valence-corrected chi connectivity index (χ0v) is 10.5. The van der Waals surface area contributed by atoms with Crippen molar-refractivity contribution < 1.29 is 4.74 Å². The number of ether oxygens (including phenoxy) is 1. The molecule has 3 nitrogen and oxygen atoms in total. The molecular weight excluding hydrogens is 188 g/mol. The first-order valence-electron chi connectivity index (χ1n) is 6.25. The molecule has 0 amide bonds. The van der Waals surface area contributed by atoms with Crippen molar-refractivity contribution in [2.24, 2.45) is 0 Å². The van der Waals surface area contributed by atoms with Gasteiger partial charge in [0.2, 0.25) is 0 Å². The van der Waals surface area contributed by atoms with Crippen molar-refractivity contribution in [3.63, 3.8) is 0 Å². The molecule has 1 unspecified atom stereocenters. The minimum atomic E-state index is 0.554. The van der Waals surface area contributed by atoms with E-state index in [0.29, 0.717) is 6.04 Å². The van der Waals surface area contributed by atoms with Crippen LogP contribution < -0.4 is 5.32 Å². The number of nitrogens with one attached hydrogen (secondary N) is 1. The molecule has 0 spiro atoms. The van der Waals surface area contributed by atoms with Gasteiger partial charge in [-0.3, -0.25) is 4.90 Å². The Labute approximate surface area is 94.2 Å². The minimum Gasteiger partial charge on any atom is -0.383 e. The second-order valence-electron chi connectivity index (χ2n) is 4.52. The highest BCUT2D eigenvalue weighted by Gasteiger charge is 2.24. The summed E-state index contributed by atoms with van der Waals surface area (Å²) < 4.78 is 5.26. The summed E-state index contributed by atoms with van der Waals surface area (Å²) in [5.41, 5.74) is 0. The molecule has 1 heterocycles. The first kappa shape index (κ1) is 12.9. The number of hydrogen-bond acceptors (Lipinski definition) is 3. The summed E-state index contributed by atoms with van der Waals surface area (Å²) in [4.78, 5) is 2.63. The Morgan fingerprint density at radius 1 is 1.40 bits per heavy atom. The van der Waals surface area contributed by atoms with E-state index in [1.54, 1.807) is 7.11 Å². The van der Waals surface area contributed by atoms with E-state index in [1.807, 2.05) is 0 Å². The SMILES string of the molecule is CCCN(C(C)COC)C1CCNCC1. The van der Waals surface area contributed by atoms with Crippen molar-refractivity contribution in [1.29, 1.82) is 0 Å². The molecule has 0 aromatic heterocycles. The topological polar surface area (TPSA) is 24.5 Å². The van der Waals surface area contributed by atoms with Crippen LogP contribution in [0.3, 0.4) is 0 Å². The monoisotopic (exact) mass is 214 g/mol. The Hall–Kier alpha value is -0.120. The lowest BCUT2D eigenvalue weighted by atomic mass is 10.0. The number of rotatable bonds is 6. The molecule has 3 heteroatoms. The molecule has 0 bridgehead atoms.